The fourth-order valence-electron chi connectivity index (χ4n) is 3.29. The van der Waals surface area contributed by atoms with Gasteiger partial charge in [0, 0.05) is 22.4 Å². The molecule has 0 saturated carbocycles. The van der Waals surface area contributed by atoms with Gasteiger partial charge in [-0.1, -0.05) is 0 Å². The predicted molar refractivity (Wildman–Crippen MR) is 98.0 cm³/mol. The maximum Gasteiger partial charge on any atom is 0.161 e. The number of aromatic amines is 1. The van der Waals surface area contributed by atoms with Gasteiger partial charge in [0.25, 0.3) is 0 Å². The summed E-state index contributed by atoms with van der Waals surface area (Å²) < 4.78 is 11.4. The molecule has 0 aliphatic carbocycles. The van der Waals surface area contributed by atoms with Crippen molar-refractivity contribution in [2.45, 2.75) is 20.8 Å². The van der Waals surface area contributed by atoms with Crippen molar-refractivity contribution in [3.05, 3.63) is 41.1 Å². The van der Waals surface area contributed by atoms with Gasteiger partial charge in [-0.3, -0.25) is 5.10 Å². The largest absolute Gasteiger partial charge is 0.508 e. The van der Waals surface area contributed by atoms with Crippen molar-refractivity contribution < 1.29 is 19.7 Å². The first-order valence-electron chi connectivity index (χ1n) is 8.45. The van der Waals surface area contributed by atoms with Crippen molar-refractivity contribution in [3.63, 3.8) is 0 Å². The summed E-state index contributed by atoms with van der Waals surface area (Å²) in [6.45, 7) is 6.67. The van der Waals surface area contributed by atoms with Gasteiger partial charge < -0.3 is 19.7 Å². The molecule has 6 nitrogen and oxygen atoms in total. The lowest BCUT2D eigenvalue weighted by Crippen LogP contribution is -2.15. The Morgan fingerprint density at radius 3 is 2.38 bits per heavy atom. The molecule has 134 valence electrons. The number of fused-ring (bicyclic) bond motifs is 1. The molecular weight excluding hydrogens is 332 g/mol. The van der Waals surface area contributed by atoms with Gasteiger partial charge in [0.1, 0.15) is 30.4 Å². The Hall–Kier alpha value is -3.15. The van der Waals surface area contributed by atoms with E-state index in [1.165, 1.54) is 0 Å². The molecule has 2 aromatic carbocycles. The van der Waals surface area contributed by atoms with E-state index in [0.717, 1.165) is 28.1 Å². The normalized spacial score (nSPS) is 13.0. The Morgan fingerprint density at radius 2 is 1.65 bits per heavy atom. The number of nitrogens with one attached hydrogen (secondary N) is 1. The summed E-state index contributed by atoms with van der Waals surface area (Å²) >= 11 is 0. The van der Waals surface area contributed by atoms with Gasteiger partial charge in [0.2, 0.25) is 0 Å². The quantitative estimate of drug-likeness (QED) is 0.652. The SMILES string of the molecule is Cc1cc2c(cc1-c1c(-c3ccc(O)c(C)c3O)n[nH]c1C)OCCO2. The minimum Gasteiger partial charge on any atom is -0.508 e. The number of benzene rings is 2. The third kappa shape index (κ3) is 2.45. The molecule has 2 heterocycles. The molecule has 0 unspecified atom stereocenters. The van der Waals surface area contributed by atoms with Crippen LogP contribution in [0.5, 0.6) is 23.0 Å². The Labute approximate surface area is 151 Å². The first kappa shape index (κ1) is 16.3. The van der Waals surface area contributed by atoms with Gasteiger partial charge in [-0.15, -0.1) is 0 Å². The lowest BCUT2D eigenvalue weighted by Gasteiger charge is -2.20. The molecule has 0 bridgehead atoms. The van der Waals surface area contributed by atoms with E-state index >= 15 is 0 Å². The van der Waals surface area contributed by atoms with E-state index in [2.05, 4.69) is 10.2 Å². The Balaban J connectivity index is 1.93. The highest BCUT2D eigenvalue weighted by Gasteiger charge is 2.22. The summed E-state index contributed by atoms with van der Waals surface area (Å²) in [5.41, 5.74) is 5.37. The Kier molecular flexibility index (Phi) is 3.76. The van der Waals surface area contributed by atoms with Crippen LogP contribution in [0.15, 0.2) is 24.3 Å². The fraction of sp³-hybridized carbons (Fsp3) is 0.250. The Morgan fingerprint density at radius 1 is 0.962 bits per heavy atom. The second kappa shape index (κ2) is 5.98. The highest BCUT2D eigenvalue weighted by Crippen LogP contribution is 2.44. The van der Waals surface area contributed by atoms with Crippen molar-refractivity contribution in [1.29, 1.82) is 0 Å². The van der Waals surface area contributed by atoms with Gasteiger partial charge in [-0.25, -0.2) is 0 Å². The van der Waals surface area contributed by atoms with Crippen molar-refractivity contribution in [2.24, 2.45) is 0 Å². The zero-order valence-corrected chi connectivity index (χ0v) is 14.9. The summed E-state index contributed by atoms with van der Waals surface area (Å²) in [4.78, 5) is 0. The van der Waals surface area contributed by atoms with E-state index in [0.29, 0.717) is 35.8 Å². The molecule has 0 radical (unpaired) electrons. The maximum absolute atomic E-state index is 10.5. The molecule has 1 aliphatic heterocycles. The standard InChI is InChI=1S/C20H20N2O4/c1-10-8-16-17(26-7-6-25-16)9-14(10)18-12(3)21-22-19(18)13-4-5-15(23)11(2)20(13)24/h4-5,8-9,23-24H,6-7H2,1-3H3,(H,21,22). The van der Waals surface area contributed by atoms with E-state index < -0.39 is 0 Å². The smallest absolute Gasteiger partial charge is 0.161 e. The Bertz CT molecular complexity index is 1010. The third-order valence-corrected chi connectivity index (χ3v) is 4.76. The number of aryl methyl sites for hydroxylation is 2. The van der Waals surface area contributed by atoms with Crippen molar-refractivity contribution in [2.75, 3.05) is 13.2 Å². The number of hydrogen-bond donors (Lipinski definition) is 3. The summed E-state index contributed by atoms with van der Waals surface area (Å²) in [5, 5.41) is 27.8. The average Bonchev–Trinajstić information content (AvgIpc) is 3.00. The molecule has 3 N–H and O–H groups in total. The van der Waals surface area contributed by atoms with E-state index in [1.54, 1.807) is 19.1 Å². The molecule has 0 amide bonds. The molecule has 6 heteroatoms. The lowest BCUT2D eigenvalue weighted by atomic mass is 9.94. The van der Waals surface area contributed by atoms with Crippen LogP contribution in [0.25, 0.3) is 22.4 Å². The zero-order chi connectivity index (χ0) is 18.4. The second-order valence-electron chi connectivity index (χ2n) is 6.49. The van der Waals surface area contributed by atoms with Crippen LogP contribution in [0.3, 0.4) is 0 Å². The molecule has 0 spiro atoms. The number of H-pyrrole nitrogens is 1. The number of nitrogens with zero attached hydrogens (tertiary/aromatic N) is 1. The van der Waals surface area contributed by atoms with E-state index in [4.69, 9.17) is 9.47 Å². The van der Waals surface area contributed by atoms with Gasteiger partial charge in [-0.05, 0) is 56.2 Å². The summed E-state index contributed by atoms with van der Waals surface area (Å²) in [5.74, 6) is 1.52. The van der Waals surface area contributed by atoms with E-state index in [-0.39, 0.29) is 11.5 Å². The van der Waals surface area contributed by atoms with Crippen LogP contribution in [0.2, 0.25) is 0 Å². The highest BCUT2D eigenvalue weighted by atomic mass is 16.6. The first-order chi connectivity index (χ1) is 12.5. The molecule has 26 heavy (non-hydrogen) atoms. The third-order valence-electron chi connectivity index (χ3n) is 4.76. The summed E-state index contributed by atoms with van der Waals surface area (Å²) in [7, 11) is 0. The fourth-order valence-corrected chi connectivity index (χ4v) is 3.29. The van der Waals surface area contributed by atoms with Gasteiger partial charge in [-0.2, -0.15) is 5.10 Å². The highest BCUT2D eigenvalue weighted by molar-refractivity contribution is 5.88. The van der Waals surface area contributed by atoms with Crippen LogP contribution in [0.1, 0.15) is 16.8 Å². The molecule has 0 atom stereocenters. The van der Waals surface area contributed by atoms with Gasteiger partial charge in [0.05, 0.1) is 0 Å². The topological polar surface area (TPSA) is 87.6 Å². The predicted octanol–water partition coefficient (Wildman–Crippen LogP) is 3.85. The molecule has 0 saturated heterocycles. The number of phenols is 2. The number of aromatic hydroxyl groups is 2. The second-order valence-corrected chi connectivity index (χ2v) is 6.49. The van der Waals surface area contributed by atoms with Gasteiger partial charge >= 0.3 is 0 Å². The minimum atomic E-state index is 0.0212. The van der Waals surface area contributed by atoms with E-state index in [1.807, 2.05) is 26.0 Å². The molecule has 1 aromatic heterocycles. The zero-order valence-electron chi connectivity index (χ0n) is 14.9. The summed E-state index contributed by atoms with van der Waals surface area (Å²) in [6.07, 6.45) is 0. The molecule has 3 aromatic rings. The molecule has 1 aliphatic rings. The van der Waals surface area contributed by atoms with Crippen LogP contribution in [-0.2, 0) is 0 Å². The number of phenolic OH excluding ortho intramolecular Hbond substituents is 2. The minimum absolute atomic E-state index is 0.0212. The van der Waals surface area contributed by atoms with Crippen molar-refractivity contribution in [1.82, 2.24) is 10.2 Å². The number of hydrogen-bond acceptors (Lipinski definition) is 5. The maximum atomic E-state index is 10.5. The van der Waals surface area contributed by atoms with Crippen LogP contribution in [0, 0.1) is 20.8 Å². The first-order valence-corrected chi connectivity index (χ1v) is 8.45. The number of ether oxygens (including phenoxy) is 2. The molecule has 4 rings (SSSR count). The van der Waals surface area contributed by atoms with Crippen molar-refractivity contribution >= 4 is 0 Å². The van der Waals surface area contributed by atoms with Gasteiger partial charge in [0.15, 0.2) is 11.5 Å². The number of rotatable bonds is 2. The monoisotopic (exact) mass is 352 g/mol. The van der Waals surface area contributed by atoms with Crippen LogP contribution >= 0.6 is 0 Å². The molecule has 0 fully saturated rings. The number of aromatic nitrogens is 2. The van der Waals surface area contributed by atoms with Crippen LogP contribution < -0.4 is 9.47 Å². The van der Waals surface area contributed by atoms with Crippen LogP contribution in [-0.4, -0.2) is 33.6 Å². The van der Waals surface area contributed by atoms with E-state index in [9.17, 15) is 10.2 Å². The molecular formula is C20H20N2O4. The lowest BCUT2D eigenvalue weighted by molar-refractivity contribution is 0.171. The average molecular weight is 352 g/mol. The summed E-state index contributed by atoms with van der Waals surface area (Å²) in [6, 6.07) is 7.15. The van der Waals surface area contributed by atoms with Crippen molar-refractivity contribution in [3.8, 4) is 45.4 Å². The van der Waals surface area contributed by atoms with Crippen LogP contribution in [0.4, 0.5) is 0 Å².